The van der Waals surface area contributed by atoms with Gasteiger partial charge in [-0.1, -0.05) is 18.2 Å². The number of aryl methyl sites for hydroxylation is 2. The monoisotopic (exact) mass is 510 g/mol. The van der Waals surface area contributed by atoms with Crippen molar-refractivity contribution < 1.29 is 14.3 Å². The number of nitrogens with zero attached hydrogens (tertiary/aromatic N) is 3. The normalized spacial score (nSPS) is 16.1. The Morgan fingerprint density at radius 2 is 1.95 bits per heavy atom. The van der Waals surface area contributed by atoms with Gasteiger partial charge < -0.3 is 25.3 Å². The van der Waals surface area contributed by atoms with Crippen molar-refractivity contribution >= 4 is 34.7 Å². The summed E-state index contributed by atoms with van der Waals surface area (Å²) in [5.74, 6) is -0.137. The van der Waals surface area contributed by atoms with Gasteiger partial charge >= 0.3 is 6.09 Å². The van der Waals surface area contributed by atoms with E-state index in [9.17, 15) is 14.4 Å². The van der Waals surface area contributed by atoms with Crippen LogP contribution in [0.1, 0.15) is 33.5 Å². The largest absolute Gasteiger partial charge is 0.447 e. The van der Waals surface area contributed by atoms with Crippen molar-refractivity contribution in [2.45, 2.75) is 31.7 Å². The van der Waals surface area contributed by atoms with Crippen LogP contribution in [0.25, 0.3) is 16.7 Å². The molecular weight excluding hydrogens is 484 g/mol. The molecule has 10 nitrogen and oxygen atoms in total. The number of nitrogens with one attached hydrogen (secondary N) is 3. The van der Waals surface area contributed by atoms with Gasteiger partial charge in [0.25, 0.3) is 5.91 Å². The molecule has 1 atom stereocenters. The Kier molecular flexibility index (Phi) is 5.99. The highest BCUT2D eigenvalue weighted by molar-refractivity contribution is 5.97. The van der Waals surface area contributed by atoms with Crippen LogP contribution < -0.4 is 21.4 Å². The summed E-state index contributed by atoms with van der Waals surface area (Å²) >= 11 is 0. The number of cyclic esters (lactones) is 1. The van der Waals surface area contributed by atoms with Crippen LogP contribution in [0.2, 0.25) is 0 Å². The van der Waals surface area contributed by atoms with Gasteiger partial charge in [-0.05, 0) is 66.6 Å². The van der Waals surface area contributed by atoms with Crippen LogP contribution in [0.15, 0.2) is 59.7 Å². The van der Waals surface area contributed by atoms with Crippen LogP contribution in [-0.4, -0.2) is 46.2 Å². The average molecular weight is 511 g/mol. The van der Waals surface area contributed by atoms with E-state index in [0.29, 0.717) is 24.6 Å². The number of carbonyl (C=O) groups excluding carboxylic acids is 2. The second kappa shape index (κ2) is 9.62. The van der Waals surface area contributed by atoms with Crippen molar-refractivity contribution in [2.24, 2.45) is 0 Å². The average Bonchev–Trinajstić information content (AvgIpc) is 3.57. The van der Waals surface area contributed by atoms with Crippen LogP contribution in [0.3, 0.4) is 0 Å². The van der Waals surface area contributed by atoms with E-state index in [1.807, 2.05) is 30.3 Å². The molecule has 3 heterocycles. The Bertz CT molecular complexity index is 1630. The lowest BCUT2D eigenvalue weighted by Crippen LogP contribution is -2.28. The molecule has 2 amide bonds. The Hall–Kier alpha value is -4.73. The van der Waals surface area contributed by atoms with E-state index in [4.69, 9.17) is 4.74 Å². The van der Waals surface area contributed by atoms with E-state index in [2.05, 4.69) is 38.1 Å². The Labute approximate surface area is 218 Å². The molecule has 2 aliphatic rings. The zero-order valence-corrected chi connectivity index (χ0v) is 20.8. The fourth-order valence-corrected chi connectivity index (χ4v) is 5.05. The van der Waals surface area contributed by atoms with Gasteiger partial charge in [-0.3, -0.25) is 9.59 Å². The highest BCUT2D eigenvalue weighted by Crippen LogP contribution is 2.26. The van der Waals surface area contributed by atoms with Crippen molar-refractivity contribution in [1.82, 2.24) is 25.2 Å². The number of aromatic nitrogens is 3. The molecule has 0 radical (unpaired) electrons. The topological polar surface area (TPSA) is 127 Å². The molecule has 192 valence electrons. The number of pyridine rings is 1. The van der Waals surface area contributed by atoms with Gasteiger partial charge in [0.15, 0.2) is 5.65 Å². The minimum Gasteiger partial charge on any atom is -0.447 e. The molecule has 2 aromatic carbocycles. The second-order valence-electron chi connectivity index (χ2n) is 9.52. The first-order valence-corrected chi connectivity index (χ1v) is 12.5. The summed E-state index contributed by atoms with van der Waals surface area (Å²) < 4.78 is 6.73. The maximum absolute atomic E-state index is 13.2. The molecule has 1 aliphatic carbocycles. The molecule has 1 fully saturated rings. The molecule has 0 spiro atoms. The standard InChI is InChI=1S/C28H26N6O4/c1-29-26(36)23-14-34(21-10-7-17-3-2-4-18(17)12-21)25-22(24(23)35)13-30-27(33-25)31-19-8-5-16(6-9-19)11-20-15-38-28(37)32-20/h5-10,12-14,20H,2-4,11,15H2,1H3,(H,29,36)(H,32,37)(H,30,31,33)/t20-/m0/s1. The molecule has 4 aromatic rings. The lowest BCUT2D eigenvalue weighted by molar-refractivity contribution is 0.0961. The number of benzene rings is 2. The summed E-state index contributed by atoms with van der Waals surface area (Å²) in [6.07, 6.45) is 6.47. The molecule has 0 unspecified atom stereocenters. The van der Waals surface area contributed by atoms with Crippen molar-refractivity contribution in [3.05, 3.63) is 87.3 Å². The maximum Gasteiger partial charge on any atom is 0.407 e. The Morgan fingerprint density at radius 3 is 2.71 bits per heavy atom. The smallest absolute Gasteiger partial charge is 0.407 e. The summed E-state index contributed by atoms with van der Waals surface area (Å²) in [7, 11) is 1.50. The minimum atomic E-state index is -0.460. The van der Waals surface area contributed by atoms with Crippen molar-refractivity contribution in [3.63, 3.8) is 0 Å². The highest BCUT2D eigenvalue weighted by atomic mass is 16.6. The zero-order valence-electron chi connectivity index (χ0n) is 20.8. The lowest BCUT2D eigenvalue weighted by atomic mass is 10.1. The van der Waals surface area contributed by atoms with Crippen LogP contribution in [0.5, 0.6) is 0 Å². The van der Waals surface area contributed by atoms with Gasteiger partial charge in [0, 0.05) is 30.8 Å². The minimum absolute atomic E-state index is 0.0317. The van der Waals surface area contributed by atoms with E-state index in [1.54, 1.807) is 10.8 Å². The van der Waals surface area contributed by atoms with Crippen molar-refractivity contribution in [2.75, 3.05) is 19.0 Å². The van der Waals surface area contributed by atoms with Crippen LogP contribution >= 0.6 is 0 Å². The van der Waals surface area contributed by atoms with Crippen molar-refractivity contribution in [1.29, 1.82) is 0 Å². The summed E-state index contributed by atoms with van der Waals surface area (Å²) in [5.41, 5.74) is 5.27. The van der Waals surface area contributed by atoms with Crippen LogP contribution in [0.4, 0.5) is 16.4 Å². The third-order valence-electron chi connectivity index (χ3n) is 7.01. The second-order valence-corrected chi connectivity index (χ2v) is 9.52. The number of alkyl carbamates (subject to hydrolysis) is 1. The van der Waals surface area contributed by atoms with Crippen LogP contribution in [0, 0.1) is 0 Å². The molecule has 38 heavy (non-hydrogen) atoms. The van der Waals surface area contributed by atoms with E-state index in [-0.39, 0.29) is 23.1 Å². The first kappa shape index (κ1) is 23.7. The third-order valence-corrected chi connectivity index (χ3v) is 7.01. The molecule has 6 rings (SSSR count). The summed E-state index contributed by atoms with van der Waals surface area (Å²) in [4.78, 5) is 46.0. The Balaban J connectivity index is 1.35. The van der Waals surface area contributed by atoms with Gasteiger partial charge in [-0.25, -0.2) is 9.78 Å². The van der Waals surface area contributed by atoms with Crippen LogP contribution in [-0.2, 0) is 24.0 Å². The molecule has 0 bridgehead atoms. The number of rotatable bonds is 6. The molecule has 3 N–H and O–H groups in total. The number of anilines is 2. The van der Waals surface area contributed by atoms with E-state index in [0.717, 1.165) is 36.2 Å². The van der Waals surface area contributed by atoms with E-state index >= 15 is 0 Å². The Morgan fingerprint density at radius 1 is 1.13 bits per heavy atom. The first-order chi connectivity index (χ1) is 18.5. The fraction of sp³-hybridized carbons (Fsp3) is 0.250. The molecule has 1 saturated heterocycles. The zero-order chi connectivity index (χ0) is 26.2. The molecular formula is C28H26N6O4. The lowest BCUT2D eigenvalue weighted by Gasteiger charge is -2.15. The van der Waals surface area contributed by atoms with Gasteiger partial charge in [0.2, 0.25) is 11.4 Å². The number of amides is 2. The van der Waals surface area contributed by atoms with Gasteiger partial charge in [0.1, 0.15) is 12.2 Å². The molecule has 2 aromatic heterocycles. The molecule has 10 heteroatoms. The molecule has 0 saturated carbocycles. The van der Waals surface area contributed by atoms with E-state index in [1.165, 1.54) is 24.4 Å². The number of ether oxygens (including phenoxy) is 1. The summed E-state index contributed by atoms with van der Waals surface area (Å²) in [5, 5.41) is 8.78. The van der Waals surface area contributed by atoms with Crippen molar-refractivity contribution in [3.8, 4) is 5.69 Å². The van der Waals surface area contributed by atoms with Gasteiger partial charge in [-0.15, -0.1) is 0 Å². The first-order valence-electron chi connectivity index (χ1n) is 12.5. The predicted molar refractivity (Wildman–Crippen MR) is 142 cm³/mol. The van der Waals surface area contributed by atoms with Gasteiger partial charge in [-0.2, -0.15) is 4.98 Å². The number of hydrogen-bond acceptors (Lipinski definition) is 7. The quantitative estimate of drug-likeness (QED) is 0.364. The van der Waals surface area contributed by atoms with Gasteiger partial charge in [0.05, 0.1) is 11.4 Å². The maximum atomic E-state index is 13.2. The fourth-order valence-electron chi connectivity index (χ4n) is 5.05. The predicted octanol–water partition coefficient (Wildman–Crippen LogP) is 3.02. The third kappa shape index (κ3) is 4.45. The highest BCUT2D eigenvalue weighted by Gasteiger charge is 2.22. The molecule has 1 aliphatic heterocycles. The van der Waals surface area contributed by atoms with E-state index < -0.39 is 11.3 Å². The number of carbonyl (C=O) groups is 2. The number of fused-ring (bicyclic) bond motifs is 2. The number of hydrogen-bond donors (Lipinski definition) is 3. The summed E-state index contributed by atoms with van der Waals surface area (Å²) in [6, 6.07) is 13.9. The SMILES string of the molecule is CNC(=O)c1cn(-c2ccc3c(c2)CCC3)c2nc(Nc3ccc(C[C@H]4COC(=O)N4)cc3)ncc2c1=O. The summed E-state index contributed by atoms with van der Waals surface area (Å²) in [6.45, 7) is 0.358.